The zero-order valence-electron chi connectivity index (χ0n) is 25.7. The molecule has 0 unspecified atom stereocenters. The number of nitrogens with one attached hydrogen (secondary N) is 4. The van der Waals surface area contributed by atoms with Gasteiger partial charge in [-0.2, -0.15) is 0 Å². The van der Waals surface area contributed by atoms with Gasteiger partial charge in [-0.25, -0.2) is 0 Å². The van der Waals surface area contributed by atoms with Gasteiger partial charge in [-0.3, -0.25) is 14.4 Å². The lowest BCUT2D eigenvalue weighted by Crippen LogP contribution is -2.42. The van der Waals surface area contributed by atoms with E-state index in [9.17, 15) is 14.4 Å². The summed E-state index contributed by atoms with van der Waals surface area (Å²) in [4.78, 5) is 39.5. The molecule has 0 spiro atoms. The van der Waals surface area contributed by atoms with Crippen molar-refractivity contribution in [1.29, 1.82) is 0 Å². The lowest BCUT2D eigenvalue weighted by molar-refractivity contribution is -0.131. The fourth-order valence-corrected chi connectivity index (χ4v) is 5.84. The number of hydrogen-bond donors (Lipinski definition) is 4. The maximum Gasteiger partial charge on any atom is 0.237 e. The van der Waals surface area contributed by atoms with Gasteiger partial charge in [-0.05, 0) is 58.0 Å². The Morgan fingerprint density at radius 1 is 0.625 bits per heavy atom. The first-order valence-electron chi connectivity index (χ1n) is 16.9. The molecule has 4 N–H and O–H groups in total. The van der Waals surface area contributed by atoms with Crippen LogP contribution in [-0.4, -0.2) is 74.0 Å². The van der Waals surface area contributed by atoms with Crippen molar-refractivity contribution in [3.8, 4) is 0 Å². The van der Waals surface area contributed by atoms with Crippen LogP contribution in [0.15, 0.2) is 0 Å². The highest BCUT2D eigenvalue weighted by Gasteiger charge is 2.22. The lowest BCUT2D eigenvalue weighted by Gasteiger charge is -2.23. The van der Waals surface area contributed by atoms with Crippen LogP contribution < -0.4 is 21.3 Å². The monoisotopic (exact) mass is 563 g/mol. The van der Waals surface area contributed by atoms with Crippen LogP contribution in [0, 0.1) is 0 Å². The minimum atomic E-state index is -0.0637. The molecule has 0 aromatic rings. The topological polar surface area (TPSA) is 103 Å². The largest absolute Gasteiger partial charge is 0.355 e. The third kappa shape index (κ3) is 15.9. The van der Waals surface area contributed by atoms with Gasteiger partial charge in [-0.1, -0.05) is 84.0 Å². The third-order valence-corrected chi connectivity index (χ3v) is 8.41. The molecule has 2 rings (SSSR count). The predicted molar refractivity (Wildman–Crippen MR) is 164 cm³/mol. The molecule has 8 nitrogen and oxygen atoms in total. The van der Waals surface area contributed by atoms with E-state index in [0.717, 1.165) is 64.5 Å². The van der Waals surface area contributed by atoms with E-state index >= 15 is 0 Å². The number of hydrogen-bond acceptors (Lipinski definition) is 5. The molecule has 0 radical (unpaired) electrons. The van der Waals surface area contributed by atoms with Crippen LogP contribution in [0.2, 0.25) is 0 Å². The average molecular weight is 564 g/mol. The van der Waals surface area contributed by atoms with E-state index in [1.807, 2.05) is 4.90 Å². The van der Waals surface area contributed by atoms with E-state index in [-0.39, 0.29) is 29.8 Å². The van der Waals surface area contributed by atoms with Gasteiger partial charge < -0.3 is 26.2 Å². The van der Waals surface area contributed by atoms with E-state index in [0.29, 0.717) is 32.6 Å². The molecule has 40 heavy (non-hydrogen) atoms. The summed E-state index contributed by atoms with van der Waals surface area (Å²) in [5, 5.41) is 12.5. The highest BCUT2D eigenvalue weighted by molar-refractivity contribution is 5.82. The Morgan fingerprint density at radius 3 is 1.45 bits per heavy atom. The van der Waals surface area contributed by atoms with Gasteiger partial charge in [0.15, 0.2) is 0 Å². The lowest BCUT2D eigenvalue weighted by atomic mass is 10.0. The molecule has 8 heteroatoms. The standard InChI is InChI=1S/C32H61N5O3/c1-2-3-4-5-6-7-8-9-10-11-12-13-14-21-30(38)37(26-17-24-35-31(39)28-19-15-22-33-28)27-18-25-36-32(40)29-20-16-23-34-29/h28-29,33-34H,2-27H2,1H3,(H,35,39)(H,36,40)/t28-,29-/m0/s1. The molecule has 2 aliphatic heterocycles. The van der Waals surface area contributed by atoms with Gasteiger partial charge in [0.2, 0.25) is 17.7 Å². The zero-order chi connectivity index (χ0) is 28.7. The van der Waals surface area contributed by atoms with Crippen molar-refractivity contribution >= 4 is 17.7 Å². The molecular formula is C32H61N5O3. The van der Waals surface area contributed by atoms with Crippen molar-refractivity contribution in [3.05, 3.63) is 0 Å². The molecule has 2 saturated heterocycles. The fourth-order valence-electron chi connectivity index (χ4n) is 5.84. The Hall–Kier alpha value is -1.67. The maximum atomic E-state index is 13.1. The average Bonchev–Trinajstić information content (AvgIpc) is 3.69. The third-order valence-electron chi connectivity index (χ3n) is 8.41. The molecule has 0 aliphatic carbocycles. The molecule has 0 bridgehead atoms. The van der Waals surface area contributed by atoms with Crippen LogP contribution >= 0.6 is 0 Å². The van der Waals surface area contributed by atoms with Crippen LogP contribution in [0.4, 0.5) is 0 Å². The molecule has 0 saturated carbocycles. The van der Waals surface area contributed by atoms with Gasteiger partial charge in [0.25, 0.3) is 0 Å². The molecule has 0 aromatic carbocycles. The summed E-state index contributed by atoms with van der Waals surface area (Å²) < 4.78 is 0. The first-order chi connectivity index (χ1) is 19.6. The summed E-state index contributed by atoms with van der Waals surface area (Å²) in [6.45, 7) is 6.55. The second-order valence-electron chi connectivity index (χ2n) is 12.0. The Morgan fingerprint density at radius 2 is 1.05 bits per heavy atom. The quantitative estimate of drug-likeness (QED) is 0.126. The van der Waals surface area contributed by atoms with E-state index in [1.165, 1.54) is 70.6 Å². The van der Waals surface area contributed by atoms with Crippen LogP contribution in [0.3, 0.4) is 0 Å². The van der Waals surface area contributed by atoms with Crippen molar-refractivity contribution in [3.63, 3.8) is 0 Å². The van der Waals surface area contributed by atoms with Crippen LogP contribution in [-0.2, 0) is 14.4 Å². The van der Waals surface area contributed by atoms with Crippen molar-refractivity contribution in [2.75, 3.05) is 39.3 Å². The van der Waals surface area contributed by atoms with Gasteiger partial charge >= 0.3 is 0 Å². The molecule has 0 aromatic heterocycles. The number of amides is 3. The van der Waals surface area contributed by atoms with Crippen LogP contribution in [0.25, 0.3) is 0 Å². The number of nitrogens with zero attached hydrogens (tertiary/aromatic N) is 1. The van der Waals surface area contributed by atoms with E-state index in [1.54, 1.807) is 0 Å². The van der Waals surface area contributed by atoms with Gasteiger partial charge in [0.1, 0.15) is 0 Å². The highest BCUT2D eigenvalue weighted by atomic mass is 16.2. The van der Waals surface area contributed by atoms with E-state index < -0.39 is 0 Å². The summed E-state index contributed by atoms with van der Waals surface area (Å²) in [5.41, 5.74) is 0. The van der Waals surface area contributed by atoms with Crippen LogP contribution in [0.1, 0.15) is 135 Å². The molecule has 2 heterocycles. The summed E-state index contributed by atoms with van der Waals surface area (Å²) in [5.74, 6) is 0.354. The maximum absolute atomic E-state index is 13.1. The fraction of sp³-hybridized carbons (Fsp3) is 0.906. The summed E-state index contributed by atoms with van der Waals surface area (Å²) >= 11 is 0. The molecule has 2 atom stereocenters. The van der Waals surface area contributed by atoms with E-state index in [4.69, 9.17) is 0 Å². The predicted octanol–water partition coefficient (Wildman–Crippen LogP) is 4.81. The number of carbonyl (C=O) groups is 3. The van der Waals surface area contributed by atoms with Crippen molar-refractivity contribution in [1.82, 2.24) is 26.2 Å². The van der Waals surface area contributed by atoms with Crippen molar-refractivity contribution in [2.45, 2.75) is 147 Å². The van der Waals surface area contributed by atoms with Crippen molar-refractivity contribution in [2.24, 2.45) is 0 Å². The van der Waals surface area contributed by atoms with Crippen molar-refractivity contribution < 1.29 is 14.4 Å². The smallest absolute Gasteiger partial charge is 0.237 e. The zero-order valence-corrected chi connectivity index (χ0v) is 25.7. The highest BCUT2D eigenvalue weighted by Crippen LogP contribution is 2.14. The Labute approximate surface area is 244 Å². The molecule has 2 aliphatic rings. The van der Waals surface area contributed by atoms with Gasteiger partial charge in [0, 0.05) is 32.6 Å². The molecular weight excluding hydrogens is 502 g/mol. The minimum absolute atomic E-state index is 0.0637. The number of carbonyl (C=O) groups excluding carboxylic acids is 3. The molecule has 3 amide bonds. The van der Waals surface area contributed by atoms with Gasteiger partial charge in [0.05, 0.1) is 12.1 Å². The molecule has 2 fully saturated rings. The van der Waals surface area contributed by atoms with E-state index in [2.05, 4.69) is 28.2 Å². The van der Waals surface area contributed by atoms with Gasteiger partial charge in [-0.15, -0.1) is 0 Å². The Balaban J connectivity index is 1.58. The Kier molecular flexibility index (Phi) is 19.8. The number of unbranched alkanes of at least 4 members (excludes halogenated alkanes) is 12. The first-order valence-corrected chi connectivity index (χ1v) is 16.9. The summed E-state index contributed by atoms with van der Waals surface area (Å²) in [6.07, 6.45) is 22.9. The summed E-state index contributed by atoms with van der Waals surface area (Å²) in [7, 11) is 0. The Bertz CT molecular complexity index is 641. The SMILES string of the molecule is CCCCCCCCCCCCCCCC(=O)N(CCCNC(=O)[C@@H]1CCCN1)CCCNC(=O)[C@@H]1CCCN1. The number of rotatable bonds is 24. The normalized spacial score (nSPS) is 18.6. The summed E-state index contributed by atoms with van der Waals surface area (Å²) in [6, 6.07) is -0.127. The second-order valence-corrected chi connectivity index (χ2v) is 12.0. The molecule has 232 valence electrons. The minimum Gasteiger partial charge on any atom is -0.355 e. The second kappa shape index (κ2) is 23.0. The van der Waals surface area contributed by atoms with Crippen LogP contribution in [0.5, 0.6) is 0 Å². The first kappa shape index (κ1) is 34.5.